The molecule has 1 aliphatic rings. The van der Waals surface area contributed by atoms with Gasteiger partial charge < -0.3 is 25.4 Å². The predicted molar refractivity (Wildman–Crippen MR) is 150 cm³/mol. The Bertz CT molecular complexity index is 1070. The summed E-state index contributed by atoms with van der Waals surface area (Å²) in [5, 5.41) is 32.2. The Morgan fingerprint density at radius 2 is 1.68 bits per heavy atom. The molecule has 0 saturated heterocycles. The maximum atomic E-state index is 12.8. The normalized spacial score (nSPS) is 15.2. The SMILES string of the molecule is O=S(=O)(c1cccc(CCCCOCCCCCCNCC(O)c2ccc(O)c(CO)c2)c1)C1CCCC1. The fraction of sp³-hybridized carbons (Fsp3) is 0.600. The number of unbranched alkanes of at least 4 members (excludes halogenated alkanes) is 4. The van der Waals surface area contributed by atoms with E-state index in [0.717, 1.165) is 96.0 Å². The second-order valence-electron chi connectivity index (χ2n) is 10.3. The Hall–Kier alpha value is -1.97. The van der Waals surface area contributed by atoms with Crippen molar-refractivity contribution in [3.63, 3.8) is 0 Å². The molecule has 0 bridgehead atoms. The van der Waals surface area contributed by atoms with Crippen LogP contribution in [-0.2, 0) is 27.6 Å². The monoisotopic (exact) mass is 547 g/mol. The van der Waals surface area contributed by atoms with Gasteiger partial charge in [0.05, 0.1) is 22.9 Å². The van der Waals surface area contributed by atoms with E-state index in [1.54, 1.807) is 18.2 Å². The summed E-state index contributed by atoms with van der Waals surface area (Å²) in [6.07, 6.45) is 10.0. The molecule has 3 rings (SSSR count). The molecule has 0 heterocycles. The number of benzene rings is 2. The van der Waals surface area contributed by atoms with E-state index in [-0.39, 0.29) is 17.6 Å². The zero-order chi connectivity index (χ0) is 27.2. The molecule has 0 amide bonds. The summed E-state index contributed by atoms with van der Waals surface area (Å²) in [7, 11) is -3.19. The highest BCUT2D eigenvalue weighted by atomic mass is 32.2. The minimum atomic E-state index is -3.19. The van der Waals surface area contributed by atoms with Crippen LogP contribution in [0.25, 0.3) is 0 Å². The quantitative estimate of drug-likeness (QED) is 0.198. The summed E-state index contributed by atoms with van der Waals surface area (Å²) in [4.78, 5) is 0.485. The van der Waals surface area contributed by atoms with Crippen molar-refractivity contribution in [1.29, 1.82) is 0 Å². The number of hydrogen-bond donors (Lipinski definition) is 4. The second kappa shape index (κ2) is 16.2. The molecule has 2 aromatic carbocycles. The van der Waals surface area contributed by atoms with E-state index in [4.69, 9.17) is 4.74 Å². The van der Waals surface area contributed by atoms with Gasteiger partial charge in [-0.1, -0.05) is 43.9 Å². The van der Waals surface area contributed by atoms with Crippen LogP contribution in [0.2, 0.25) is 0 Å². The second-order valence-corrected chi connectivity index (χ2v) is 12.6. The molecule has 0 radical (unpaired) electrons. The third-order valence-corrected chi connectivity index (χ3v) is 9.62. The molecule has 2 aromatic rings. The minimum absolute atomic E-state index is 0.0372. The topological polar surface area (TPSA) is 116 Å². The Morgan fingerprint density at radius 3 is 2.45 bits per heavy atom. The van der Waals surface area contributed by atoms with Crippen LogP contribution >= 0.6 is 0 Å². The Labute approximate surface area is 228 Å². The molecular formula is C30H45NO6S. The van der Waals surface area contributed by atoms with E-state index < -0.39 is 15.9 Å². The number of aromatic hydroxyl groups is 1. The molecule has 1 atom stereocenters. The van der Waals surface area contributed by atoms with Crippen molar-refractivity contribution in [2.24, 2.45) is 0 Å². The number of phenols is 1. The fourth-order valence-electron chi connectivity index (χ4n) is 5.01. The average Bonchev–Trinajstić information content (AvgIpc) is 3.48. The highest BCUT2D eigenvalue weighted by Crippen LogP contribution is 2.30. The molecule has 7 nitrogen and oxygen atoms in total. The summed E-state index contributed by atoms with van der Waals surface area (Å²) < 4.78 is 31.4. The highest BCUT2D eigenvalue weighted by Gasteiger charge is 2.30. The van der Waals surface area contributed by atoms with Crippen LogP contribution in [0, 0.1) is 0 Å². The molecule has 0 aromatic heterocycles. The van der Waals surface area contributed by atoms with Crippen molar-refractivity contribution in [2.75, 3.05) is 26.3 Å². The molecule has 1 aliphatic carbocycles. The van der Waals surface area contributed by atoms with Crippen LogP contribution in [0.1, 0.15) is 87.0 Å². The van der Waals surface area contributed by atoms with E-state index in [2.05, 4.69) is 5.32 Å². The number of rotatable bonds is 18. The van der Waals surface area contributed by atoms with Gasteiger partial charge in [-0.25, -0.2) is 8.42 Å². The molecule has 212 valence electrons. The van der Waals surface area contributed by atoms with Crippen LogP contribution in [0.3, 0.4) is 0 Å². The summed E-state index contributed by atoms with van der Waals surface area (Å²) >= 11 is 0. The number of ether oxygens (including phenoxy) is 1. The van der Waals surface area contributed by atoms with Crippen LogP contribution in [0.4, 0.5) is 0 Å². The maximum Gasteiger partial charge on any atom is 0.181 e. The van der Waals surface area contributed by atoms with Gasteiger partial charge in [0.15, 0.2) is 9.84 Å². The molecule has 0 spiro atoms. The first-order valence-electron chi connectivity index (χ1n) is 14.1. The molecular weight excluding hydrogens is 502 g/mol. The molecule has 38 heavy (non-hydrogen) atoms. The number of nitrogens with one attached hydrogen (secondary N) is 1. The van der Waals surface area contributed by atoms with E-state index >= 15 is 0 Å². The number of aliphatic hydroxyl groups excluding tert-OH is 2. The van der Waals surface area contributed by atoms with E-state index in [1.807, 2.05) is 18.2 Å². The van der Waals surface area contributed by atoms with Crippen molar-refractivity contribution in [3.8, 4) is 5.75 Å². The Kier molecular flexibility index (Phi) is 13.0. The smallest absolute Gasteiger partial charge is 0.181 e. The van der Waals surface area contributed by atoms with Crippen molar-refractivity contribution in [1.82, 2.24) is 5.32 Å². The lowest BCUT2D eigenvalue weighted by molar-refractivity contribution is 0.126. The first-order chi connectivity index (χ1) is 18.4. The van der Waals surface area contributed by atoms with E-state index in [9.17, 15) is 23.7 Å². The van der Waals surface area contributed by atoms with Gasteiger partial charge in [0, 0.05) is 25.3 Å². The standard InChI is InChI=1S/C30H45NO6S/c32-23-26-21-25(15-16-29(26)33)30(34)22-31-17-6-1-2-7-18-37-19-8-5-10-24-11-9-14-28(20-24)38(35,36)27-12-3-4-13-27/h9,11,14-16,20-21,27,30-34H,1-8,10,12-13,17-19,22-23H2. The maximum absolute atomic E-state index is 12.8. The first-order valence-corrected chi connectivity index (χ1v) is 15.7. The molecule has 4 N–H and O–H groups in total. The van der Waals surface area contributed by atoms with Crippen molar-refractivity contribution in [2.45, 2.75) is 93.5 Å². The number of aryl methyl sites for hydroxylation is 1. The van der Waals surface area contributed by atoms with Gasteiger partial charge >= 0.3 is 0 Å². The van der Waals surface area contributed by atoms with Gasteiger partial charge in [0.25, 0.3) is 0 Å². The average molecular weight is 548 g/mol. The van der Waals surface area contributed by atoms with Gasteiger partial charge in [0.1, 0.15) is 5.75 Å². The van der Waals surface area contributed by atoms with E-state index in [0.29, 0.717) is 22.6 Å². The van der Waals surface area contributed by atoms with Crippen molar-refractivity contribution < 1.29 is 28.5 Å². The van der Waals surface area contributed by atoms with Crippen LogP contribution in [-0.4, -0.2) is 55.3 Å². The number of hydrogen-bond acceptors (Lipinski definition) is 7. The lowest BCUT2D eigenvalue weighted by Gasteiger charge is -2.14. The molecule has 1 unspecified atom stereocenters. The van der Waals surface area contributed by atoms with E-state index in [1.165, 1.54) is 6.07 Å². The number of aliphatic hydroxyl groups is 2. The van der Waals surface area contributed by atoms with Gasteiger partial charge in [-0.3, -0.25) is 0 Å². The zero-order valence-electron chi connectivity index (χ0n) is 22.5. The summed E-state index contributed by atoms with van der Waals surface area (Å²) in [5.74, 6) is 0.0372. The van der Waals surface area contributed by atoms with Gasteiger partial charge in [-0.2, -0.15) is 0 Å². The van der Waals surface area contributed by atoms with Gasteiger partial charge in [-0.05, 0) is 86.9 Å². The number of sulfone groups is 1. The van der Waals surface area contributed by atoms with Crippen molar-refractivity contribution in [3.05, 3.63) is 59.2 Å². The summed E-state index contributed by atoms with van der Waals surface area (Å²) in [6, 6.07) is 12.3. The summed E-state index contributed by atoms with van der Waals surface area (Å²) in [6.45, 7) is 2.49. The third-order valence-electron chi connectivity index (χ3n) is 7.36. The lowest BCUT2D eigenvalue weighted by atomic mass is 10.1. The van der Waals surface area contributed by atoms with Crippen LogP contribution in [0.5, 0.6) is 5.75 Å². The third kappa shape index (κ3) is 9.65. The van der Waals surface area contributed by atoms with Gasteiger partial charge in [-0.15, -0.1) is 0 Å². The molecule has 1 fully saturated rings. The van der Waals surface area contributed by atoms with Crippen LogP contribution in [0.15, 0.2) is 47.4 Å². The largest absolute Gasteiger partial charge is 0.508 e. The molecule has 0 aliphatic heterocycles. The van der Waals surface area contributed by atoms with Gasteiger partial charge in [0.2, 0.25) is 0 Å². The lowest BCUT2D eigenvalue weighted by Crippen LogP contribution is -2.22. The molecule has 1 saturated carbocycles. The highest BCUT2D eigenvalue weighted by molar-refractivity contribution is 7.92. The van der Waals surface area contributed by atoms with Crippen LogP contribution < -0.4 is 5.32 Å². The Morgan fingerprint density at radius 1 is 0.947 bits per heavy atom. The predicted octanol–water partition coefficient (Wildman–Crippen LogP) is 4.82. The summed E-state index contributed by atoms with van der Waals surface area (Å²) in [5.41, 5.74) is 2.18. The van der Waals surface area contributed by atoms with Crippen molar-refractivity contribution >= 4 is 9.84 Å². The first kappa shape index (κ1) is 30.6. The molecule has 8 heteroatoms. The fourth-order valence-corrected chi connectivity index (χ4v) is 6.93. The minimum Gasteiger partial charge on any atom is -0.508 e. The zero-order valence-corrected chi connectivity index (χ0v) is 23.3. The Balaban J connectivity index is 1.17.